The minimum atomic E-state index is -0.540. The first kappa shape index (κ1) is 14.7. The molecule has 0 aliphatic heterocycles. The fourth-order valence-corrected chi connectivity index (χ4v) is 1.84. The summed E-state index contributed by atoms with van der Waals surface area (Å²) in [5.74, 6) is -0.500. The number of carbonyl (C=O) groups excluding carboxylic acids is 1. The zero-order valence-corrected chi connectivity index (χ0v) is 11.4. The first-order valence-corrected chi connectivity index (χ1v) is 6.29. The summed E-state index contributed by atoms with van der Waals surface area (Å²) in [7, 11) is 0. The lowest BCUT2D eigenvalue weighted by Crippen LogP contribution is -2.14. The molecule has 0 bridgehead atoms. The number of amides is 1. The van der Waals surface area contributed by atoms with Crippen molar-refractivity contribution in [3.05, 3.63) is 52.1 Å². The van der Waals surface area contributed by atoms with E-state index in [1.807, 2.05) is 0 Å². The van der Waals surface area contributed by atoms with E-state index < -0.39 is 10.8 Å². The zero-order chi connectivity index (χ0) is 15.4. The Hall–Kier alpha value is -2.74. The summed E-state index contributed by atoms with van der Waals surface area (Å²) in [6.45, 7) is 2.76. The molecule has 2 aromatic rings. The molecule has 0 saturated heterocycles. The molecule has 1 amide bonds. The van der Waals surface area contributed by atoms with Gasteiger partial charge in [-0.3, -0.25) is 14.9 Å². The number of nitrogens with zero attached hydrogens (tertiary/aromatic N) is 3. The van der Waals surface area contributed by atoms with Gasteiger partial charge >= 0.3 is 0 Å². The van der Waals surface area contributed by atoms with E-state index in [0.29, 0.717) is 13.1 Å². The van der Waals surface area contributed by atoms with Gasteiger partial charge in [0, 0.05) is 25.4 Å². The number of aryl methyl sites for hydroxylation is 1. The maximum absolute atomic E-state index is 12.1. The molecule has 110 valence electrons. The van der Waals surface area contributed by atoms with E-state index in [0.717, 1.165) is 5.56 Å². The van der Waals surface area contributed by atoms with E-state index in [2.05, 4.69) is 10.3 Å². The Balaban J connectivity index is 2.22. The average molecular weight is 289 g/mol. The topological polar surface area (TPSA) is 116 Å². The number of nitrogens with two attached hydrogens (primary N) is 1. The summed E-state index contributed by atoms with van der Waals surface area (Å²) in [5, 5.41) is 13.5. The standard InChI is InChI=1S/C13H15N5O3/c1-9-2-3-12(18(20)21)10(6-9)16-13(19)11-7-17(5-4-14)8-15-11/h2-3,6-8H,4-5,14H2,1H3,(H,16,19). The second kappa shape index (κ2) is 6.14. The van der Waals surface area contributed by atoms with Crippen LogP contribution in [-0.4, -0.2) is 26.9 Å². The second-order valence-electron chi connectivity index (χ2n) is 4.52. The van der Waals surface area contributed by atoms with Gasteiger partial charge in [-0.05, 0) is 18.6 Å². The van der Waals surface area contributed by atoms with Gasteiger partial charge in [-0.2, -0.15) is 0 Å². The number of nitro benzene ring substituents is 1. The Labute approximate surface area is 120 Å². The van der Waals surface area contributed by atoms with Crippen molar-refractivity contribution in [3.8, 4) is 0 Å². The van der Waals surface area contributed by atoms with Gasteiger partial charge in [-0.15, -0.1) is 0 Å². The van der Waals surface area contributed by atoms with Crippen LogP contribution in [0.25, 0.3) is 0 Å². The summed E-state index contributed by atoms with van der Waals surface area (Å²) in [4.78, 5) is 26.5. The van der Waals surface area contributed by atoms with Gasteiger partial charge in [0.1, 0.15) is 11.4 Å². The van der Waals surface area contributed by atoms with Crippen LogP contribution >= 0.6 is 0 Å². The molecule has 21 heavy (non-hydrogen) atoms. The second-order valence-corrected chi connectivity index (χ2v) is 4.52. The van der Waals surface area contributed by atoms with E-state index in [9.17, 15) is 14.9 Å². The van der Waals surface area contributed by atoms with Crippen LogP contribution in [-0.2, 0) is 6.54 Å². The van der Waals surface area contributed by atoms with Gasteiger partial charge < -0.3 is 15.6 Å². The van der Waals surface area contributed by atoms with Crippen LogP contribution in [0.4, 0.5) is 11.4 Å². The zero-order valence-electron chi connectivity index (χ0n) is 11.4. The van der Waals surface area contributed by atoms with Gasteiger partial charge in [0.2, 0.25) is 0 Å². The third-order valence-corrected chi connectivity index (χ3v) is 2.85. The van der Waals surface area contributed by atoms with E-state index >= 15 is 0 Å². The molecule has 1 heterocycles. The first-order valence-electron chi connectivity index (χ1n) is 6.29. The van der Waals surface area contributed by atoms with Crippen molar-refractivity contribution < 1.29 is 9.72 Å². The van der Waals surface area contributed by atoms with Gasteiger partial charge in [0.25, 0.3) is 11.6 Å². The molecule has 3 N–H and O–H groups in total. The number of aromatic nitrogens is 2. The van der Waals surface area contributed by atoms with Crippen LogP contribution in [0.5, 0.6) is 0 Å². The smallest absolute Gasteiger partial charge is 0.292 e. The molecule has 0 atom stereocenters. The summed E-state index contributed by atoms with van der Waals surface area (Å²) in [5.41, 5.74) is 6.40. The van der Waals surface area contributed by atoms with Crippen LogP contribution < -0.4 is 11.1 Å². The number of rotatable bonds is 5. The van der Waals surface area contributed by atoms with E-state index in [-0.39, 0.29) is 17.1 Å². The van der Waals surface area contributed by atoms with Crippen molar-refractivity contribution in [2.75, 3.05) is 11.9 Å². The van der Waals surface area contributed by atoms with Crippen LogP contribution in [0.15, 0.2) is 30.7 Å². The number of carbonyl (C=O) groups is 1. The monoisotopic (exact) mass is 289 g/mol. The average Bonchev–Trinajstić information content (AvgIpc) is 2.87. The summed E-state index contributed by atoms with van der Waals surface area (Å²) in [6.07, 6.45) is 3.04. The van der Waals surface area contributed by atoms with Crippen LogP contribution in [0.3, 0.4) is 0 Å². The van der Waals surface area contributed by atoms with Gasteiger partial charge in [-0.1, -0.05) is 6.07 Å². The highest BCUT2D eigenvalue weighted by Crippen LogP contribution is 2.25. The Morgan fingerprint density at radius 3 is 2.95 bits per heavy atom. The fourth-order valence-electron chi connectivity index (χ4n) is 1.84. The van der Waals surface area contributed by atoms with Crippen LogP contribution in [0.1, 0.15) is 16.1 Å². The van der Waals surface area contributed by atoms with Crippen molar-refractivity contribution >= 4 is 17.3 Å². The Morgan fingerprint density at radius 1 is 1.52 bits per heavy atom. The molecule has 0 aliphatic rings. The minimum Gasteiger partial charge on any atom is -0.335 e. The SMILES string of the molecule is Cc1ccc([N+](=O)[O-])c(NC(=O)c2cn(CCN)cn2)c1. The molecule has 0 saturated carbocycles. The molecule has 8 heteroatoms. The highest BCUT2D eigenvalue weighted by atomic mass is 16.6. The fraction of sp³-hybridized carbons (Fsp3) is 0.231. The highest BCUT2D eigenvalue weighted by molar-refractivity contribution is 6.04. The maximum atomic E-state index is 12.1. The molecule has 2 rings (SSSR count). The Kier molecular flexibility index (Phi) is 4.29. The molecule has 1 aromatic carbocycles. The molecular weight excluding hydrogens is 274 g/mol. The lowest BCUT2D eigenvalue weighted by molar-refractivity contribution is -0.383. The number of hydrogen-bond donors (Lipinski definition) is 2. The number of hydrogen-bond acceptors (Lipinski definition) is 5. The third kappa shape index (κ3) is 3.42. The van der Waals surface area contributed by atoms with E-state index in [1.165, 1.54) is 12.4 Å². The number of benzene rings is 1. The number of nitrogens with one attached hydrogen (secondary N) is 1. The van der Waals surface area contributed by atoms with Gasteiger partial charge in [0.05, 0.1) is 11.3 Å². The van der Waals surface area contributed by atoms with Gasteiger partial charge in [-0.25, -0.2) is 4.98 Å². The number of imidazole rings is 1. The van der Waals surface area contributed by atoms with Gasteiger partial charge in [0.15, 0.2) is 0 Å². The Bertz CT molecular complexity index is 680. The van der Waals surface area contributed by atoms with Crippen molar-refractivity contribution in [1.82, 2.24) is 9.55 Å². The molecule has 0 fully saturated rings. The third-order valence-electron chi connectivity index (χ3n) is 2.85. The molecule has 0 radical (unpaired) electrons. The molecule has 0 spiro atoms. The predicted molar refractivity (Wildman–Crippen MR) is 77.1 cm³/mol. The summed E-state index contributed by atoms with van der Waals surface area (Å²) < 4.78 is 1.68. The maximum Gasteiger partial charge on any atom is 0.292 e. The van der Waals surface area contributed by atoms with E-state index in [4.69, 9.17) is 5.73 Å². The molecule has 1 aromatic heterocycles. The van der Waals surface area contributed by atoms with Crippen LogP contribution in [0, 0.1) is 17.0 Å². The Morgan fingerprint density at radius 2 is 2.29 bits per heavy atom. The van der Waals surface area contributed by atoms with Crippen molar-refractivity contribution in [3.63, 3.8) is 0 Å². The lowest BCUT2D eigenvalue weighted by Gasteiger charge is -2.05. The predicted octanol–water partition coefficient (Wildman–Crippen LogP) is 1.31. The number of nitro groups is 1. The minimum absolute atomic E-state index is 0.151. The molecular formula is C13H15N5O3. The van der Waals surface area contributed by atoms with Crippen molar-refractivity contribution in [2.45, 2.75) is 13.5 Å². The normalized spacial score (nSPS) is 10.4. The molecule has 0 unspecified atom stereocenters. The van der Waals surface area contributed by atoms with Crippen molar-refractivity contribution in [1.29, 1.82) is 0 Å². The largest absolute Gasteiger partial charge is 0.335 e. The van der Waals surface area contributed by atoms with Crippen molar-refractivity contribution in [2.24, 2.45) is 5.73 Å². The lowest BCUT2D eigenvalue weighted by atomic mass is 10.2. The molecule has 8 nitrogen and oxygen atoms in total. The number of anilines is 1. The van der Waals surface area contributed by atoms with E-state index in [1.54, 1.807) is 29.8 Å². The van der Waals surface area contributed by atoms with Crippen LogP contribution in [0.2, 0.25) is 0 Å². The summed E-state index contributed by atoms with van der Waals surface area (Å²) in [6, 6.07) is 4.52. The highest BCUT2D eigenvalue weighted by Gasteiger charge is 2.17. The molecule has 0 aliphatic carbocycles. The summed E-state index contributed by atoms with van der Waals surface area (Å²) >= 11 is 0. The first-order chi connectivity index (χ1) is 10.0. The quantitative estimate of drug-likeness (QED) is 0.636.